The Morgan fingerprint density at radius 2 is 1.63 bits per heavy atom. The molecule has 3 atom stereocenters. The minimum atomic E-state index is -0.881. The molecule has 2 aliphatic heterocycles. The van der Waals surface area contributed by atoms with Gasteiger partial charge in [0.05, 0.1) is 11.8 Å². The zero-order chi connectivity index (χ0) is 37.0. The second-order valence-corrected chi connectivity index (χ2v) is 14.9. The van der Waals surface area contributed by atoms with Gasteiger partial charge in [0.15, 0.2) is 0 Å². The smallest absolute Gasteiger partial charge is 0.255 e. The van der Waals surface area contributed by atoms with E-state index in [0.717, 1.165) is 57.2 Å². The average Bonchev–Trinajstić information content (AvgIpc) is 3.80. The molecule has 1 fully saturated rings. The summed E-state index contributed by atoms with van der Waals surface area (Å²) in [5, 5.41) is 11.4. The summed E-state index contributed by atoms with van der Waals surface area (Å²) in [6.45, 7) is 6.80. The number of amides is 3. The van der Waals surface area contributed by atoms with Crippen molar-refractivity contribution >= 4 is 17.7 Å². The number of hydrogen-bond donors (Lipinski definition) is 1. The first-order chi connectivity index (χ1) is 25.1. The molecule has 1 aromatic heterocycles. The molecule has 2 bridgehead atoms. The summed E-state index contributed by atoms with van der Waals surface area (Å²) in [6.07, 6.45) is 10.7. The molecule has 1 N–H and O–H groups in total. The van der Waals surface area contributed by atoms with Crippen LogP contribution in [0.4, 0.5) is 4.39 Å². The van der Waals surface area contributed by atoms with Crippen molar-refractivity contribution in [1.82, 2.24) is 35.0 Å². The van der Waals surface area contributed by atoms with Crippen LogP contribution in [0.15, 0.2) is 54.7 Å². The number of rotatable bonds is 4. The molecule has 11 nitrogen and oxygen atoms in total. The van der Waals surface area contributed by atoms with Crippen molar-refractivity contribution in [1.29, 1.82) is 0 Å². The van der Waals surface area contributed by atoms with Crippen LogP contribution in [0.3, 0.4) is 0 Å². The van der Waals surface area contributed by atoms with Gasteiger partial charge in [0.2, 0.25) is 11.8 Å². The molecule has 0 spiro atoms. The van der Waals surface area contributed by atoms with Crippen LogP contribution in [-0.4, -0.2) is 99.3 Å². The molecular formula is C40H56FN7O4. The van der Waals surface area contributed by atoms with Gasteiger partial charge in [-0.25, -0.2) is 4.39 Å². The Morgan fingerprint density at radius 3 is 2.38 bits per heavy atom. The van der Waals surface area contributed by atoms with Gasteiger partial charge in [-0.05, 0) is 75.7 Å². The van der Waals surface area contributed by atoms with Gasteiger partial charge >= 0.3 is 0 Å². The minimum absolute atomic E-state index is 0.00286. The SMILES string of the molecule is CC(C)C[C@H]1NC(=O)c2ccc(F)cc2OCc2cn(nn2)CCCCCCCCN(C)C[C@H](Cc2ccccc2)N(C)C(=O)[C@H]2CCCN2C1=O. The van der Waals surface area contributed by atoms with Gasteiger partial charge in [0.1, 0.15) is 36.0 Å². The molecule has 1 saturated heterocycles. The zero-order valence-corrected chi connectivity index (χ0v) is 31.3. The van der Waals surface area contributed by atoms with Crippen molar-refractivity contribution < 1.29 is 23.5 Å². The van der Waals surface area contributed by atoms with Crippen molar-refractivity contribution in [3.63, 3.8) is 0 Å². The van der Waals surface area contributed by atoms with E-state index in [4.69, 9.17) is 4.74 Å². The molecule has 282 valence electrons. The number of hydrogen-bond acceptors (Lipinski definition) is 7. The number of fused-ring (bicyclic) bond motifs is 4. The largest absolute Gasteiger partial charge is 0.486 e. The van der Waals surface area contributed by atoms with Crippen molar-refractivity contribution in [2.75, 3.05) is 33.7 Å². The highest BCUT2D eigenvalue weighted by atomic mass is 19.1. The van der Waals surface area contributed by atoms with Gasteiger partial charge in [-0.15, -0.1) is 5.10 Å². The molecule has 2 aliphatic rings. The Labute approximate surface area is 307 Å². The summed E-state index contributed by atoms with van der Waals surface area (Å²) < 4.78 is 22.1. The first-order valence-electron chi connectivity index (χ1n) is 19.0. The summed E-state index contributed by atoms with van der Waals surface area (Å²) in [6, 6.07) is 12.4. The normalized spacial score (nSPS) is 22.5. The lowest BCUT2D eigenvalue weighted by Crippen LogP contribution is -2.56. The molecular weight excluding hydrogens is 661 g/mol. The number of carbonyl (C=O) groups is 3. The second kappa shape index (κ2) is 19.0. The van der Waals surface area contributed by atoms with Crippen LogP contribution in [0.2, 0.25) is 0 Å². The first kappa shape index (κ1) is 38.9. The molecule has 2 aromatic carbocycles. The summed E-state index contributed by atoms with van der Waals surface area (Å²) in [4.78, 5) is 48.3. The maximum absolute atomic E-state index is 14.4. The summed E-state index contributed by atoms with van der Waals surface area (Å²) >= 11 is 0. The third-order valence-corrected chi connectivity index (χ3v) is 10.2. The summed E-state index contributed by atoms with van der Waals surface area (Å²) in [5.74, 6) is -1.35. The molecule has 3 heterocycles. The van der Waals surface area contributed by atoms with Crippen LogP contribution in [0, 0.1) is 11.7 Å². The molecule has 3 amide bonds. The van der Waals surface area contributed by atoms with Crippen LogP contribution in [0.1, 0.15) is 93.3 Å². The van der Waals surface area contributed by atoms with Gasteiger partial charge in [-0.3, -0.25) is 19.1 Å². The summed E-state index contributed by atoms with van der Waals surface area (Å²) in [5.41, 5.74) is 1.83. The van der Waals surface area contributed by atoms with E-state index in [1.807, 2.05) is 50.2 Å². The minimum Gasteiger partial charge on any atom is -0.486 e. The van der Waals surface area contributed by atoms with Gasteiger partial charge < -0.3 is 24.8 Å². The molecule has 0 radical (unpaired) electrons. The lowest BCUT2D eigenvalue weighted by Gasteiger charge is -2.36. The Bertz CT molecular complexity index is 1620. The topological polar surface area (TPSA) is 113 Å². The van der Waals surface area contributed by atoms with Gasteiger partial charge in [-0.1, -0.05) is 75.1 Å². The van der Waals surface area contributed by atoms with Crippen LogP contribution < -0.4 is 10.1 Å². The fraction of sp³-hybridized carbons (Fsp3) is 0.575. The van der Waals surface area contributed by atoms with E-state index in [2.05, 4.69) is 39.7 Å². The number of likely N-dealkylation sites (N-methyl/N-ethyl adjacent to an activating group) is 2. The standard InChI is InChI=1S/C40H56FN7O4/c1-29(2)23-35-39(50)48-22-14-17-36(48)40(51)46(4)33(24-30-15-10-9-11-16-30)27-45(3)20-12-7-5-6-8-13-21-47-26-32(43-44-47)28-52-37-25-31(41)18-19-34(37)38(49)42-35/h9-11,15-16,18-19,25-26,29,33,35-36H,5-8,12-14,17,20-24,27-28H2,1-4H3,(H,42,49)/t33-,35+,36+/m0/s1. The van der Waals surface area contributed by atoms with Crippen molar-refractivity contribution in [3.8, 4) is 5.75 Å². The third-order valence-electron chi connectivity index (χ3n) is 10.2. The highest BCUT2D eigenvalue weighted by Crippen LogP contribution is 2.25. The van der Waals surface area contributed by atoms with Gasteiger partial charge in [0.25, 0.3) is 5.91 Å². The molecule has 3 aromatic rings. The third kappa shape index (κ3) is 10.8. The number of benzene rings is 2. The number of ether oxygens (including phenoxy) is 1. The fourth-order valence-corrected chi connectivity index (χ4v) is 7.32. The Hall–Kier alpha value is -4.32. The van der Waals surface area contributed by atoms with Crippen LogP contribution in [0.25, 0.3) is 0 Å². The average molecular weight is 718 g/mol. The van der Waals surface area contributed by atoms with E-state index in [-0.39, 0.29) is 41.7 Å². The summed E-state index contributed by atoms with van der Waals surface area (Å²) in [7, 11) is 3.99. The highest BCUT2D eigenvalue weighted by Gasteiger charge is 2.40. The predicted molar refractivity (Wildman–Crippen MR) is 198 cm³/mol. The molecule has 52 heavy (non-hydrogen) atoms. The Morgan fingerprint density at radius 1 is 0.904 bits per heavy atom. The number of nitrogens with one attached hydrogen (secondary N) is 1. The number of halogens is 1. The number of nitrogens with zero attached hydrogens (tertiary/aromatic N) is 6. The van der Waals surface area contributed by atoms with Crippen LogP contribution >= 0.6 is 0 Å². The molecule has 0 saturated carbocycles. The highest BCUT2D eigenvalue weighted by molar-refractivity contribution is 6.00. The van der Waals surface area contributed by atoms with Crippen LogP contribution in [0.5, 0.6) is 5.75 Å². The fourth-order valence-electron chi connectivity index (χ4n) is 7.32. The van der Waals surface area contributed by atoms with E-state index in [0.29, 0.717) is 44.5 Å². The van der Waals surface area contributed by atoms with Crippen molar-refractivity contribution in [2.45, 2.75) is 109 Å². The monoisotopic (exact) mass is 717 g/mol. The lowest BCUT2D eigenvalue weighted by atomic mass is 10.0. The molecule has 12 heteroatoms. The van der Waals surface area contributed by atoms with E-state index < -0.39 is 23.8 Å². The molecule has 0 unspecified atom stereocenters. The maximum atomic E-state index is 14.4. The zero-order valence-electron chi connectivity index (χ0n) is 31.3. The van der Waals surface area contributed by atoms with E-state index >= 15 is 0 Å². The predicted octanol–water partition coefficient (Wildman–Crippen LogP) is 5.49. The van der Waals surface area contributed by atoms with Crippen molar-refractivity contribution in [3.05, 3.63) is 77.4 Å². The Kier molecular flexibility index (Phi) is 14.2. The van der Waals surface area contributed by atoms with Crippen LogP contribution in [-0.2, 0) is 29.2 Å². The maximum Gasteiger partial charge on any atom is 0.255 e. The quantitative estimate of drug-likeness (QED) is 0.380. The lowest BCUT2D eigenvalue weighted by molar-refractivity contribution is -0.145. The van der Waals surface area contributed by atoms with Crippen molar-refractivity contribution in [2.24, 2.45) is 5.92 Å². The molecule has 5 rings (SSSR count). The second-order valence-electron chi connectivity index (χ2n) is 14.9. The number of carbonyl (C=O) groups excluding carboxylic acids is 3. The van der Waals surface area contributed by atoms with Gasteiger partial charge in [-0.2, -0.15) is 0 Å². The Balaban J connectivity index is 1.40. The molecule has 0 aliphatic carbocycles. The number of aryl methyl sites for hydroxylation is 1. The number of aromatic nitrogens is 3. The van der Waals surface area contributed by atoms with E-state index in [1.165, 1.54) is 18.2 Å². The van der Waals surface area contributed by atoms with E-state index in [1.54, 1.807) is 9.58 Å². The van der Waals surface area contributed by atoms with Gasteiger partial charge in [0, 0.05) is 38.8 Å². The van der Waals surface area contributed by atoms with E-state index in [9.17, 15) is 18.8 Å². The first-order valence-corrected chi connectivity index (χ1v) is 19.0.